The van der Waals surface area contributed by atoms with Crippen LogP contribution in [0, 0.1) is 0 Å². The number of rotatable bonds is 1. The molecular weight excluding hydrogens is 152 g/mol. The summed E-state index contributed by atoms with van der Waals surface area (Å²) in [5, 5.41) is 3.30. The average Bonchev–Trinajstić information content (AvgIpc) is 2.03. The molecule has 3 heteroatoms. The Bertz CT molecular complexity index is 160. The van der Waals surface area contributed by atoms with Crippen LogP contribution < -0.4 is 5.32 Å². The minimum absolute atomic E-state index is 0.275. The predicted molar refractivity (Wildman–Crippen MR) is 48.9 cm³/mol. The van der Waals surface area contributed by atoms with Gasteiger partial charge in [0.05, 0.1) is 0 Å². The van der Waals surface area contributed by atoms with Crippen LogP contribution in [0.5, 0.6) is 0 Å². The summed E-state index contributed by atoms with van der Waals surface area (Å²) in [5.41, 5.74) is 0. The van der Waals surface area contributed by atoms with E-state index in [1.807, 2.05) is 11.8 Å². The number of amides is 1. The summed E-state index contributed by atoms with van der Waals surface area (Å²) in [6.45, 7) is 7.96. The molecule has 3 nitrogen and oxygen atoms in total. The molecule has 0 bridgehead atoms. The van der Waals surface area contributed by atoms with Crippen molar-refractivity contribution in [1.29, 1.82) is 0 Å². The Labute approximate surface area is 74.1 Å². The van der Waals surface area contributed by atoms with Crippen molar-refractivity contribution in [3.63, 3.8) is 0 Å². The molecule has 0 radical (unpaired) electrons. The van der Waals surface area contributed by atoms with Crippen LogP contribution >= 0.6 is 0 Å². The standard InChI is InChI=1S/C9H18N2O/c1-4-9(12)11-7(2)5-10-6-8(11)3/h7-8,10H,4-6H2,1-3H3/t7-,8+. The highest BCUT2D eigenvalue weighted by molar-refractivity contribution is 5.76. The molecule has 0 aliphatic carbocycles. The first-order valence-corrected chi connectivity index (χ1v) is 4.68. The zero-order chi connectivity index (χ0) is 9.14. The van der Waals surface area contributed by atoms with Crippen molar-refractivity contribution in [2.45, 2.75) is 39.3 Å². The molecule has 1 fully saturated rings. The molecule has 2 atom stereocenters. The summed E-state index contributed by atoms with van der Waals surface area (Å²) in [7, 11) is 0. The number of carbonyl (C=O) groups is 1. The van der Waals surface area contributed by atoms with E-state index in [0.717, 1.165) is 13.1 Å². The van der Waals surface area contributed by atoms with Crippen molar-refractivity contribution >= 4 is 5.91 Å². The maximum Gasteiger partial charge on any atom is 0.222 e. The van der Waals surface area contributed by atoms with Crippen LogP contribution in [0.2, 0.25) is 0 Å². The molecule has 0 aromatic carbocycles. The fourth-order valence-corrected chi connectivity index (χ4v) is 1.81. The van der Waals surface area contributed by atoms with Gasteiger partial charge in [-0.1, -0.05) is 6.92 Å². The minimum atomic E-state index is 0.275. The highest BCUT2D eigenvalue weighted by Gasteiger charge is 2.27. The summed E-state index contributed by atoms with van der Waals surface area (Å²) in [4.78, 5) is 13.5. The molecule has 0 aromatic rings. The van der Waals surface area contributed by atoms with Crippen LogP contribution in [-0.2, 0) is 4.79 Å². The van der Waals surface area contributed by atoms with Crippen LogP contribution in [0.4, 0.5) is 0 Å². The number of hydrogen-bond acceptors (Lipinski definition) is 2. The van der Waals surface area contributed by atoms with Crippen molar-refractivity contribution in [1.82, 2.24) is 10.2 Å². The number of hydrogen-bond donors (Lipinski definition) is 1. The van der Waals surface area contributed by atoms with Gasteiger partial charge in [0.25, 0.3) is 0 Å². The van der Waals surface area contributed by atoms with Gasteiger partial charge in [-0.05, 0) is 13.8 Å². The van der Waals surface area contributed by atoms with Crippen LogP contribution in [0.1, 0.15) is 27.2 Å². The van der Waals surface area contributed by atoms with E-state index in [2.05, 4.69) is 19.2 Å². The molecule has 70 valence electrons. The molecular formula is C9H18N2O. The molecule has 1 amide bonds. The third kappa shape index (κ3) is 1.78. The van der Waals surface area contributed by atoms with Gasteiger partial charge in [0.15, 0.2) is 0 Å². The molecule has 1 N–H and O–H groups in total. The monoisotopic (exact) mass is 170 g/mol. The zero-order valence-corrected chi connectivity index (χ0v) is 8.13. The van der Waals surface area contributed by atoms with Gasteiger partial charge >= 0.3 is 0 Å². The van der Waals surface area contributed by atoms with E-state index in [0.29, 0.717) is 18.5 Å². The first kappa shape index (κ1) is 9.52. The first-order chi connectivity index (χ1) is 5.66. The van der Waals surface area contributed by atoms with E-state index in [4.69, 9.17) is 0 Å². The van der Waals surface area contributed by atoms with Crippen LogP contribution in [0.15, 0.2) is 0 Å². The lowest BCUT2D eigenvalue weighted by atomic mass is 10.1. The van der Waals surface area contributed by atoms with Gasteiger partial charge in [0, 0.05) is 31.6 Å². The summed E-state index contributed by atoms with van der Waals surface area (Å²) in [5.74, 6) is 0.275. The Morgan fingerprint density at radius 3 is 2.33 bits per heavy atom. The molecule has 0 saturated carbocycles. The van der Waals surface area contributed by atoms with Gasteiger partial charge in [-0.2, -0.15) is 0 Å². The smallest absolute Gasteiger partial charge is 0.222 e. The summed E-state index contributed by atoms with van der Waals surface area (Å²) < 4.78 is 0. The van der Waals surface area contributed by atoms with Crippen LogP contribution in [-0.4, -0.2) is 36.0 Å². The third-order valence-electron chi connectivity index (χ3n) is 2.42. The van der Waals surface area contributed by atoms with Crippen LogP contribution in [0.3, 0.4) is 0 Å². The van der Waals surface area contributed by atoms with E-state index in [9.17, 15) is 4.79 Å². The van der Waals surface area contributed by atoms with Crippen molar-refractivity contribution in [2.24, 2.45) is 0 Å². The third-order valence-corrected chi connectivity index (χ3v) is 2.42. The van der Waals surface area contributed by atoms with E-state index in [-0.39, 0.29) is 5.91 Å². The largest absolute Gasteiger partial charge is 0.335 e. The Morgan fingerprint density at radius 2 is 1.92 bits per heavy atom. The minimum Gasteiger partial charge on any atom is -0.335 e. The van der Waals surface area contributed by atoms with Gasteiger partial charge in [-0.25, -0.2) is 0 Å². The number of nitrogens with zero attached hydrogens (tertiary/aromatic N) is 1. The van der Waals surface area contributed by atoms with Crippen LogP contribution in [0.25, 0.3) is 0 Å². The first-order valence-electron chi connectivity index (χ1n) is 4.68. The maximum absolute atomic E-state index is 11.5. The molecule has 0 unspecified atom stereocenters. The van der Waals surface area contributed by atoms with E-state index in [1.54, 1.807) is 0 Å². The highest BCUT2D eigenvalue weighted by atomic mass is 16.2. The highest BCUT2D eigenvalue weighted by Crippen LogP contribution is 2.10. The fourth-order valence-electron chi connectivity index (χ4n) is 1.81. The molecule has 0 aromatic heterocycles. The van der Waals surface area contributed by atoms with Crippen molar-refractivity contribution in [3.8, 4) is 0 Å². The van der Waals surface area contributed by atoms with Gasteiger partial charge < -0.3 is 10.2 Å². The normalized spacial score (nSPS) is 30.4. The Kier molecular flexibility index (Phi) is 3.09. The summed E-state index contributed by atoms with van der Waals surface area (Å²) in [6, 6.07) is 0.697. The SMILES string of the molecule is CCC(=O)N1[C@H](C)CNC[C@@H]1C. The maximum atomic E-state index is 11.5. The lowest BCUT2D eigenvalue weighted by molar-refractivity contribution is -0.136. The van der Waals surface area contributed by atoms with E-state index >= 15 is 0 Å². The average molecular weight is 170 g/mol. The second-order valence-electron chi connectivity index (χ2n) is 3.51. The molecule has 1 saturated heterocycles. The van der Waals surface area contributed by atoms with Crippen molar-refractivity contribution in [3.05, 3.63) is 0 Å². The number of piperazine rings is 1. The second-order valence-corrected chi connectivity index (χ2v) is 3.51. The van der Waals surface area contributed by atoms with Crippen molar-refractivity contribution < 1.29 is 4.79 Å². The zero-order valence-electron chi connectivity index (χ0n) is 8.13. The Hall–Kier alpha value is -0.570. The molecule has 12 heavy (non-hydrogen) atoms. The number of nitrogens with one attached hydrogen (secondary N) is 1. The molecule has 1 rings (SSSR count). The quantitative estimate of drug-likeness (QED) is 0.625. The molecule has 1 aliphatic rings. The fraction of sp³-hybridized carbons (Fsp3) is 0.889. The van der Waals surface area contributed by atoms with Gasteiger partial charge in [-0.3, -0.25) is 4.79 Å². The topological polar surface area (TPSA) is 32.3 Å². The summed E-state index contributed by atoms with van der Waals surface area (Å²) >= 11 is 0. The lowest BCUT2D eigenvalue weighted by Crippen LogP contribution is -2.57. The Balaban J connectivity index is 2.62. The summed E-state index contributed by atoms with van der Waals surface area (Å²) in [6.07, 6.45) is 0.620. The molecule has 1 aliphatic heterocycles. The molecule has 0 spiro atoms. The second kappa shape index (κ2) is 3.90. The lowest BCUT2D eigenvalue weighted by Gasteiger charge is -2.39. The number of carbonyl (C=O) groups excluding carboxylic acids is 1. The Morgan fingerprint density at radius 1 is 1.42 bits per heavy atom. The van der Waals surface area contributed by atoms with E-state index < -0.39 is 0 Å². The van der Waals surface area contributed by atoms with Crippen molar-refractivity contribution in [2.75, 3.05) is 13.1 Å². The van der Waals surface area contributed by atoms with Gasteiger partial charge in [0.2, 0.25) is 5.91 Å². The van der Waals surface area contributed by atoms with Gasteiger partial charge in [-0.15, -0.1) is 0 Å². The van der Waals surface area contributed by atoms with E-state index in [1.165, 1.54) is 0 Å². The predicted octanol–water partition coefficient (Wildman–Crippen LogP) is 0.605. The molecule has 1 heterocycles. The van der Waals surface area contributed by atoms with Gasteiger partial charge in [0.1, 0.15) is 0 Å².